The Bertz CT molecular complexity index is 1910. The average Bonchev–Trinajstić information content (AvgIpc) is 3.68. The molecular weight excluding hydrogens is 682 g/mol. The number of nitrogens with zero attached hydrogens (tertiary/aromatic N) is 7. The van der Waals surface area contributed by atoms with Gasteiger partial charge in [0, 0.05) is 62.4 Å². The van der Waals surface area contributed by atoms with Gasteiger partial charge in [-0.15, -0.1) is 0 Å². The fourth-order valence-electron chi connectivity index (χ4n) is 7.82. The number of amides is 1. The molecule has 0 radical (unpaired) electrons. The SMILES string of the molecule is Cc1c(C(=O)N(C)C)nn2c1CN(c1nc(OC[C@@]34CCCN3CC(=C(F)F)C4)nc3c1CO[C@@H](c1c(C(F)(F)F)ccc(N)c1F)C3)CCC2. The molecule has 2 aromatic heterocycles. The Morgan fingerprint density at radius 1 is 1.14 bits per heavy atom. The minimum Gasteiger partial charge on any atom is -0.461 e. The van der Waals surface area contributed by atoms with Crippen LogP contribution in [-0.2, 0) is 37.0 Å². The second-order valence-electron chi connectivity index (χ2n) is 13.9. The Morgan fingerprint density at radius 2 is 1.92 bits per heavy atom. The predicted octanol–water partition coefficient (Wildman–Crippen LogP) is 5.42. The first-order valence-electron chi connectivity index (χ1n) is 16.8. The molecule has 0 bridgehead atoms. The van der Waals surface area contributed by atoms with Crippen molar-refractivity contribution >= 4 is 17.4 Å². The van der Waals surface area contributed by atoms with E-state index < -0.39 is 46.5 Å². The molecule has 1 amide bonds. The molecule has 17 heteroatoms. The number of fused-ring (bicyclic) bond motifs is 3. The summed E-state index contributed by atoms with van der Waals surface area (Å²) in [5.41, 5.74) is 5.40. The third-order valence-corrected chi connectivity index (χ3v) is 10.5. The predicted molar refractivity (Wildman–Crippen MR) is 173 cm³/mol. The Balaban J connectivity index is 1.27. The van der Waals surface area contributed by atoms with Crippen molar-refractivity contribution in [2.45, 2.75) is 76.5 Å². The summed E-state index contributed by atoms with van der Waals surface area (Å²) in [4.78, 5) is 27.7. The average molecular weight is 721 g/mol. The summed E-state index contributed by atoms with van der Waals surface area (Å²) in [6, 6.07) is 1.53. The monoisotopic (exact) mass is 720 g/mol. The lowest BCUT2D eigenvalue weighted by atomic mass is 9.93. The zero-order chi connectivity index (χ0) is 36.4. The van der Waals surface area contributed by atoms with E-state index in [0.717, 1.165) is 24.2 Å². The van der Waals surface area contributed by atoms with Crippen LogP contribution in [-0.4, -0.2) is 81.3 Å². The molecule has 2 saturated heterocycles. The standard InChI is InChI=1S/C34H38F6N8O3/c1-18-24-15-46(9-5-11-48(24)44-28(18)31(49)45(2)3)30-20-16-50-25(26-21(34(38,39)40)6-7-22(41)27(26)35)12-23(20)42-32(43-30)51-17-33-8-4-10-47(33)14-19(13-33)29(36)37/h6-7,25H,4-5,8-17,41H2,1-3H3/t25-,33+/m1/s1. The van der Waals surface area contributed by atoms with E-state index in [1.165, 1.54) is 4.90 Å². The summed E-state index contributed by atoms with van der Waals surface area (Å²) >= 11 is 0. The van der Waals surface area contributed by atoms with Crippen LogP contribution in [0.1, 0.15) is 75.9 Å². The second-order valence-corrected chi connectivity index (χ2v) is 13.9. The van der Waals surface area contributed by atoms with Crippen LogP contribution in [0.4, 0.5) is 37.8 Å². The number of hydrogen-bond acceptors (Lipinski definition) is 9. The maximum atomic E-state index is 15.4. The van der Waals surface area contributed by atoms with Gasteiger partial charge in [-0.2, -0.15) is 37.0 Å². The normalized spacial score (nSPS) is 22.0. The van der Waals surface area contributed by atoms with E-state index in [1.54, 1.807) is 18.8 Å². The van der Waals surface area contributed by atoms with Gasteiger partial charge in [-0.05, 0) is 51.3 Å². The highest BCUT2D eigenvalue weighted by Gasteiger charge is 2.48. The molecule has 0 aliphatic carbocycles. The van der Waals surface area contributed by atoms with Gasteiger partial charge in [-0.3, -0.25) is 14.4 Å². The van der Waals surface area contributed by atoms with Gasteiger partial charge in [0.05, 0.1) is 47.4 Å². The third kappa shape index (κ3) is 6.27. The summed E-state index contributed by atoms with van der Waals surface area (Å²) in [5.74, 6) is -1.04. The van der Waals surface area contributed by atoms with Gasteiger partial charge in [0.15, 0.2) is 11.5 Å². The number of aryl methyl sites for hydroxylation is 1. The summed E-state index contributed by atoms with van der Waals surface area (Å²) in [6.45, 7) is 3.71. The van der Waals surface area contributed by atoms with Crippen LogP contribution in [0.5, 0.6) is 6.01 Å². The molecule has 2 N–H and O–H groups in total. The third-order valence-electron chi connectivity index (χ3n) is 10.5. The maximum absolute atomic E-state index is 15.4. The molecule has 0 unspecified atom stereocenters. The van der Waals surface area contributed by atoms with Crippen molar-refractivity contribution in [3.05, 3.63) is 68.9 Å². The fraction of sp³-hybridized carbons (Fsp3) is 0.529. The first-order chi connectivity index (χ1) is 24.2. The molecule has 274 valence electrons. The molecule has 4 aliphatic heterocycles. The minimum absolute atomic E-state index is 0.0197. The van der Waals surface area contributed by atoms with Crippen molar-refractivity contribution in [1.82, 2.24) is 29.5 Å². The van der Waals surface area contributed by atoms with Gasteiger partial charge in [-0.1, -0.05) is 0 Å². The molecule has 3 aromatic rings. The molecule has 0 spiro atoms. The molecule has 11 nitrogen and oxygen atoms in total. The van der Waals surface area contributed by atoms with Crippen molar-refractivity contribution in [3.63, 3.8) is 0 Å². The van der Waals surface area contributed by atoms with Gasteiger partial charge >= 0.3 is 12.2 Å². The topological polar surface area (TPSA) is 115 Å². The van der Waals surface area contributed by atoms with Crippen LogP contribution in [0.3, 0.4) is 0 Å². The molecule has 51 heavy (non-hydrogen) atoms. The zero-order valence-electron chi connectivity index (χ0n) is 28.4. The van der Waals surface area contributed by atoms with Crippen LogP contribution in [0, 0.1) is 12.7 Å². The highest BCUT2D eigenvalue weighted by Crippen LogP contribution is 2.45. The first kappa shape index (κ1) is 35.0. The minimum atomic E-state index is -4.88. The van der Waals surface area contributed by atoms with Gasteiger partial charge < -0.3 is 25.0 Å². The summed E-state index contributed by atoms with van der Waals surface area (Å²) in [6.07, 6.45) is -5.98. The van der Waals surface area contributed by atoms with Gasteiger partial charge in [0.2, 0.25) is 0 Å². The van der Waals surface area contributed by atoms with E-state index in [4.69, 9.17) is 20.2 Å². The number of aromatic nitrogens is 4. The number of carbonyl (C=O) groups excluding carboxylic acids is 1. The molecule has 7 rings (SSSR count). The van der Waals surface area contributed by atoms with Crippen LogP contribution >= 0.6 is 0 Å². The quantitative estimate of drug-likeness (QED) is 0.264. The molecule has 1 aromatic carbocycles. The summed E-state index contributed by atoms with van der Waals surface area (Å²) in [5, 5.41) is 4.59. The summed E-state index contributed by atoms with van der Waals surface area (Å²) < 4.78 is 99.0. The molecule has 0 saturated carbocycles. The number of nitrogens with two attached hydrogens (primary N) is 1. The number of rotatable bonds is 6. The van der Waals surface area contributed by atoms with Crippen LogP contribution < -0.4 is 15.4 Å². The van der Waals surface area contributed by atoms with Gasteiger partial charge in [0.1, 0.15) is 12.4 Å². The Hall–Kier alpha value is -4.38. The lowest BCUT2D eigenvalue weighted by Gasteiger charge is -2.33. The first-order valence-corrected chi connectivity index (χ1v) is 16.8. The molecule has 4 aliphatic rings. The Morgan fingerprint density at radius 3 is 2.65 bits per heavy atom. The number of ether oxygens (including phenoxy) is 2. The largest absolute Gasteiger partial charge is 0.461 e. The van der Waals surface area contributed by atoms with E-state index in [0.29, 0.717) is 60.8 Å². The zero-order valence-corrected chi connectivity index (χ0v) is 28.4. The van der Waals surface area contributed by atoms with Crippen molar-refractivity contribution in [2.24, 2.45) is 0 Å². The molecule has 6 heterocycles. The van der Waals surface area contributed by atoms with E-state index in [2.05, 4.69) is 10.1 Å². The number of anilines is 2. The maximum Gasteiger partial charge on any atom is 0.416 e. The smallest absolute Gasteiger partial charge is 0.416 e. The van der Waals surface area contributed by atoms with Crippen LogP contribution in [0.15, 0.2) is 23.8 Å². The van der Waals surface area contributed by atoms with Crippen molar-refractivity contribution in [3.8, 4) is 6.01 Å². The Kier molecular flexibility index (Phi) is 8.92. The number of benzene rings is 1. The second kappa shape index (κ2) is 13.0. The van der Waals surface area contributed by atoms with Crippen molar-refractivity contribution in [2.75, 3.05) is 51.0 Å². The lowest BCUT2D eigenvalue weighted by molar-refractivity contribution is -0.140. The number of nitrogen functional groups attached to an aromatic ring is 1. The highest BCUT2D eigenvalue weighted by molar-refractivity contribution is 5.93. The number of carbonyl (C=O) groups is 1. The van der Waals surface area contributed by atoms with E-state index >= 15 is 4.39 Å². The highest BCUT2D eigenvalue weighted by atomic mass is 19.4. The lowest BCUT2D eigenvalue weighted by Crippen LogP contribution is -2.43. The van der Waals surface area contributed by atoms with Gasteiger partial charge in [0.25, 0.3) is 12.0 Å². The van der Waals surface area contributed by atoms with Gasteiger partial charge in [-0.25, -0.2) is 4.39 Å². The van der Waals surface area contributed by atoms with Crippen molar-refractivity contribution in [1.29, 1.82) is 0 Å². The van der Waals surface area contributed by atoms with Crippen LogP contribution in [0.25, 0.3) is 0 Å². The fourth-order valence-corrected chi connectivity index (χ4v) is 7.82. The number of hydrogen-bond donors (Lipinski definition) is 1. The molecule has 2 fully saturated rings. The van der Waals surface area contributed by atoms with Crippen LogP contribution in [0.2, 0.25) is 0 Å². The molecule has 2 atom stereocenters. The van der Waals surface area contributed by atoms with E-state index in [-0.39, 0.29) is 56.6 Å². The Labute approximate surface area is 290 Å². The molecular formula is C34H38F6N8O3. The van der Waals surface area contributed by atoms with Crippen molar-refractivity contribution < 1.29 is 40.6 Å². The van der Waals surface area contributed by atoms with E-state index in [9.17, 15) is 26.7 Å². The van der Waals surface area contributed by atoms with E-state index in [1.807, 2.05) is 16.7 Å². The summed E-state index contributed by atoms with van der Waals surface area (Å²) in [7, 11) is 3.30. The number of halogens is 6. The number of alkyl halides is 3.